The SMILES string of the molecule is CC(C)(C)[Si](OC[C@H]1CNC[C@](C)(O)C1)(c1ccccc1)c1ccccc1. The first-order valence-corrected chi connectivity index (χ1v) is 11.8. The molecule has 1 aliphatic heterocycles. The topological polar surface area (TPSA) is 41.5 Å². The van der Waals surface area contributed by atoms with Crippen LogP contribution in [0.15, 0.2) is 60.7 Å². The highest BCUT2D eigenvalue weighted by Crippen LogP contribution is 2.37. The van der Waals surface area contributed by atoms with Crippen molar-refractivity contribution in [3.05, 3.63) is 60.7 Å². The molecule has 2 atom stereocenters. The van der Waals surface area contributed by atoms with Gasteiger partial charge in [0.1, 0.15) is 0 Å². The average molecular weight is 384 g/mol. The van der Waals surface area contributed by atoms with Crippen molar-refractivity contribution >= 4 is 18.7 Å². The number of hydrogen-bond acceptors (Lipinski definition) is 3. The van der Waals surface area contributed by atoms with Crippen molar-refractivity contribution in [3.63, 3.8) is 0 Å². The molecule has 0 radical (unpaired) electrons. The predicted molar refractivity (Wildman–Crippen MR) is 115 cm³/mol. The summed E-state index contributed by atoms with van der Waals surface area (Å²) in [6.07, 6.45) is 0.776. The molecule has 1 heterocycles. The van der Waals surface area contributed by atoms with Gasteiger partial charge < -0.3 is 14.8 Å². The van der Waals surface area contributed by atoms with Gasteiger partial charge >= 0.3 is 0 Å². The van der Waals surface area contributed by atoms with Gasteiger partial charge in [-0.1, -0.05) is 81.4 Å². The van der Waals surface area contributed by atoms with Gasteiger partial charge in [-0.25, -0.2) is 0 Å². The first kappa shape index (κ1) is 20.3. The molecule has 1 saturated heterocycles. The van der Waals surface area contributed by atoms with Crippen LogP contribution in [0.4, 0.5) is 0 Å². The fourth-order valence-electron chi connectivity index (χ4n) is 4.43. The molecule has 3 nitrogen and oxygen atoms in total. The highest BCUT2D eigenvalue weighted by molar-refractivity contribution is 6.99. The van der Waals surface area contributed by atoms with Crippen molar-refractivity contribution in [1.82, 2.24) is 5.32 Å². The van der Waals surface area contributed by atoms with Crippen LogP contribution in [0, 0.1) is 5.92 Å². The molecule has 146 valence electrons. The zero-order valence-corrected chi connectivity index (χ0v) is 18.0. The minimum Gasteiger partial charge on any atom is -0.407 e. The standard InChI is InChI=1S/C23H33NO2Si/c1-22(2,3)27(20-11-7-5-8-12-20,21-13-9-6-10-14-21)26-17-19-15-23(4,25)18-24-16-19/h5-14,19,24-25H,15-18H2,1-4H3/t19-,23-/m1/s1. The minimum absolute atomic E-state index is 0.0136. The van der Waals surface area contributed by atoms with E-state index in [0.29, 0.717) is 19.1 Å². The number of rotatable bonds is 5. The van der Waals surface area contributed by atoms with Crippen LogP contribution in [0.25, 0.3) is 0 Å². The Morgan fingerprint density at radius 2 is 1.56 bits per heavy atom. The van der Waals surface area contributed by atoms with E-state index in [9.17, 15) is 5.11 Å². The quantitative estimate of drug-likeness (QED) is 0.780. The molecule has 0 bridgehead atoms. The number of benzene rings is 2. The van der Waals surface area contributed by atoms with Gasteiger partial charge in [0.2, 0.25) is 0 Å². The van der Waals surface area contributed by atoms with E-state index in [-0.39, 0.29) is 5.04 Å². The molecule has 0 saturated carbocycles. The van der Waals surface area contributed by atoms with Crippen LogP contribution in [0.2, 0.25) is 5.04 Å². The number of β-amino-alcohol motifs (C(OH)–C–C–N with tert-alkyl or cyclic N) is 1. The van der Waals surface area contributed by atoms with Gasteiger partial charge in [0.15, 0.2) is 0 Å². The summed E-state index contributed by atoms with van der Waals surface area (Å²) in [6.45, 7) is 11.0. The molecule has 1 fully saturated rings. The largest absolute Gasteiger partial charge is 0.407 e. The van der Waals surface area contributed by atoms with Gasteiger partial charge in [-0.2, -0.15) is 0 Å². The third-order valence-corrected chi connectivity index (χ3v) is 10.6. The normalized spacial score (nSPS) is 24.0. The zero-order chi connectivity index (χ0) is 19.5. The van der Waals surface area contributed by atoms with Crippen LogP contribution in [-0.4, -0.2) is 38.7 Å². The predicted octanol–water partition coefficient (Wildman–Crippen LogP) is 2.92. The molecule has 0 aromatic heterocycles. The maximum Gasteiger partial charge on any atom is 0.261 e. The molecule has 27 heavy (non-hydrogen) atoms. The summed E-state index contributed by atoms with van der Waals surface area (Å²) in [7, 11) is -2.49. The van der Waals surface area contributed by atoms with Crippen LogP contribution < -0.4 is 15.7 Å². The second-order valence-corrected chi connectivity index (χ2v) is 13.5. The lowest BCUT2D eigenvalue weighted by atomic mass is 9.89. The minimum atomic E-state index is -2.49. The Kier molecular flexibility index (Phi) is 5.92. The maximum atomic E-state index is 10.5. The summed E-state index contributed by atoms with van der Waals surface area (Å²) >= 11 is 0. The van der Waals surface area contributed by atoms with Gasteiger partial charge in [0.05, 0.1) is 5.60 Å². The molecule has 4 heteroatoms. The van der Waals surface area contributed by atoms with E-state index >= 15 is 0 Å². The zero-order valence-electron chi connectivity index (χ0n) is 17.0. The van der Waals surface area contributed by atoms with Crippen molar-refractivity contribution in [2.24, 2.45) is 5.92 Å². The Morgan fingerprint density at radius 3 is 2.00 bits per heavy atom. The first-order valence-electron chi connectivity index (χ1n) is 9.93. The third-order valence-electron chi connectivity index (χ3n) is 5.62. The average Bonchev–Trinajstić information content (AvgIpc) is 2.62. The first-order chi connectivity index (χ1) is 12.7. The highest BCUT2D eigenvalue weighted by Gasteiger charge is 2.50. The van der Waals surface area contributed by atoms with Crippen LogP contribution in [-0.2, 0) is 4.43 Å². The fraction of sp³-hybridized carbons (Fsp3) is 0.478. The van der Waals surface area contributed by atoms with Crippen molar-refractivity contribution in [1.29, 1.82) is 0 Å². The Balaban J connectivity index is 1.99. The van der Waals surface area contributed by atoms with Crippen LogP contribution >= 0.6 is 0 Å². The van der Waals surface area contributed by atoms with Crippen LogP contribution in [0.1, 0.15) is 34.1 Å². The summed E-state index contributed by atoms with van der Waals surface area (Å²) in [4.78, 5) is 0. The molecule has 0 aliphatic carbocycles. The van der Waals surface area contributed by atoms with Gasteiger partial charge in [-0.15, -0.1) is 0 Å². The van der Waals surface area contributed by atoms with Crippen LogP contribution in [0.5, 0.6) is 0 Å². The summed E-state index contributed by atoms with van der Waals surface area (Å²) in [5, 5.41) is 16.4. The number of aliphatic hydroxyl groups is 1. The molecular formula is C23H33NO2Si. The second-order valence-electron chi connectivity index (χ2n) is 9.17. The molecule has 0 spiro atoms. The van der Waals surface area contributed by atoms with Crippen molar-refractivity contribution in [3.8, 4) is 0 Å². The molecule has 2 aromatic rings. The van der Waals surface area contributed by atoms with Gasteiger partial charge in [0.25, 0.3) is 8.32 Å². The molecule has 3 rings (SSSR count). The van der Waals surface area contributed by atoms with Gasteiger partial charge in [0, 0.05) is 19.7 Å². The lowest BCUT2D eigenvalue weighted by molar-refractivity contribution is 0.00391. The highest BCUT2D eigenvalue weighted by atomic mass is 28.4. The molecule has 0 amide bonds. The van der Waals surface area contributed by atoms with Crippen LogP contribution in [0.3, 0.4) is 0 Å². The summed E-state index contributed by atoms with van der Waals surface area (Å²) in [6, 6.07) is 21.5. The molecule has 1 aliphatic rings. The molecular weight excluding hydrogens is 350 g/mol. The summed E-state index contributed by atoms with van der Waals surface area (Å²) in [5.74, 6) is 0.315. The van der Waals surface area contributed by atoms with E-state index in [4.69, 9.17) is 4.43 Å². The Labute approximate surface area is 164 Å². The van der Waals surface area contributed by atoms with E-state index in [1.165, 1.54) is 10.4 Å². The van der Waals surface area contributed by atoms with E-state index in [1.54, 1.807) is 0 Å². The van der Waals surface area contributed by atoms with E-state index < -0.39 is 13.9 Å². The Hall–Kier alpha value is -1.46. The maximum absolute atomic E-state index is 10.5. The second kappa shape index (κ2) is 7.88. The van der Waals surface area contributed by atoms with Gasteiger partial charge in [-0.05, 0) is 34.7 Å². The third kappa shape index (κ3) is 4.35. The fourth-order valence-corrected chi connectivity index (χ4v) is 9.08. The van der Waals surface area contributed by atoms with Gasteiger partial charge in [-0.3, -0.25) is 0 Å². The summed E-state index contributed by atoms with van der Waals surface area (Å²) < 4.78 is 6.99. The molecule has 0 unspecified atom stereocenters. The van der Waals surface area contributed by atoms with E-state index in [1.807, 2.05) is 6.92 Å². The van der Waals surface area contributed by atoms with E-state index in [2.05, 4.69) is 86.8 Å². The van der Waals surface area contributed by atoms with Crippen molar-refractivity contribution in [2.75, 3.05) is 19.7 Å². The van der Waals surface area contributed by atoms with E-state index in [0.717, 1.165) is 13.0 Å². The monoisotopic (exact) mass is 383 g/mol. The van der Waals surface area contributed by atoms with Crippen molar-refractivity contribution < 1.29 is 9.53 Å². The molecule has 2 N–H and O–H groups in total. The smallest absolute Gasteiger partial charge is 0.261 e. The number of hydrogen-bond donors (Lipinski definition) is 2. The summed E-state index contributed by atoms with van der Waals surface area (Å²) in [5.41, 5.74) is -0.655. The molecule has 2 aromatic carbocycles. The number of piperidine rings is 1. The Bertz CT molecular complexity index is 686. The van der Waals surface area contributed by atoms with Crippen molar-refractivity contribution in [2.45, 2.75) is 44.8 Å². The lowest BCUT2D eigenvalue weighted by Gasteiger charge is -2.44. The lowest BCUT2D eigenvalue weighted by Crippen LogP contribution is -2.67. The number of nitrogens with one attached hydrogen (secondary N) is 1. The Morgan fingerprint density at radius 1 is 1.04 bits per heavy atom.